The van der Waals surface area contributed by atoms with Crippen LogP contribution in [0, 0.1) is 0 Å². The van der Waals surface area contributed by atoms with E-state index in [1.54, 1.807) is 19.1 Å². The number of hydrogen-bond acceptors (Lipinski definition) is 3. The Balaban J connectivity index is 2.77. The summed E-state index contributed by atoms with van der Waals surface area (Å²) in [5.41, 5.74) is 0.530. The number of carbonyl (C=O) groups is 2. The van der Waals surface area contributed by atoms with Crippen LogP contribution in [0.1, 0.15) is 23.7 Å². The minimum Gasteiger partial charge on any atom is -0.478 e. The number of carboxylic acids is 1. The van der Waals surface area contributed by atoms with Gasteiger partial charge in [-0.2, -0.15) is 0 Å². The normalized spacial score (nSPS) is 12.2. The lowest BCUT2D eigenvalue weighted by Gasteiger charge is -2.27. The fourth-order valence-corrected chi connectivity index (χ4v) is 2.05. The average molecular weight is 399 g/mol. The average Bonchev–Trinajstić information content (AvgIpc) is 2.45. The number of benzene rings is 1. The standard InChI is InChI=1S/C13H14Cl3N3O3S/c1-2-9(20)18-11(13(14,15)16)19-12(23)17-8-5-3-4-7(6-8)10(21)22/h3-6,11H,2H2,1H3,(H,18,20)(H,21,22)(H2,17,19,23)/t11-/m1/s1. The fourth-order valence-electron chi connectivity index (χ4n) is 1.49. The number of nitrogens with one attached hydrogen (secondary N) is 3. The Bertz CT molecular complexity index is 608. The second-order valence-corrected chi connectivity index (χ2v) is 7.16. The lowest BCUT2D eigenvalue weighted by molar-refractivity contribution is -0.121. The van der Waals surface area contributed by atoms with E-state index in [1.807, 2.05) is 0 Å². The number of rotatable bonds is 5. The highest BCUT2D eigenvalue weighted by Gasteiger charge is 2.34. The van der Waals surface area contributed by atoms with Crippen molar-refractivity contribution < 1.29 is 14.7 Å². The fraction of sp³-hybridized carbons (Fsp3) is 0.308. The van der Waals surface area contributed by atoms with E-state index in [9.17, 15) is 9.59 Å². The lowest BCUT2D eigenvalue weighted by atomic mass is 10.2. The summed E-state index contributed by atoms with van der Waals surface area (Å²) in [6, 6.07) is 6.01. The second kappa shape index (κ2) is 8.54. The number of halogens is 3. The van der Waals surface area contributed by atoms with Gasteiger partial charge in [-0.1, -0.05) is 47.8 Å². The maximum Gasteiger partial charge on any atom is 0.335 e. The zero-order valence-corrected chi connectivity index (χ0v) is 15.0. The molecule has 0 spiro atoms. The van der Waals surface area contributed by atoms with Crippen LogP contribution in [0.25, 0.3) is 0 Å². The molecule has 6 nitrogen and oxygen atoms in total. The van der Waals surface area contributed by atoms with Crippen molar-refractivity contribution in [2.24, 2.45) is 0 Å². The highest BCUT2D eigenvalue weighted by Crippen LogP contribution is 2.29. The van der Waals surface area contributed by atoms with Crippen LogP contribution < -0.4 is 16.0 Å². The quantitative estimate of drug-likeness (QED) is 0.346. The van der Waals surface area contributed by atoms with Crippen molar-refractivity contribution in [1.82, 2.24) is 10.6 Å². The Hall–Kier alpha value is -1.28. The third kappa shape index (κ3) is 6.78. The molecule has 1 atom stereocenters. The van der Waals surface area contributed by atoms with Crippen molar-refractivity contribution >= 4 is 69.7 Å². The second-order valence-electron chi connectivity index (χ2n) is 4.38. The number of alkyl halides is 3. The number of amides is 1. The topological polar surface area (TPSA) is 90.5 Å². The first-order valence-electron chi connectivity index (χ1n) is 6.40. The number of thiocarbonyl (C=S) groups is 1. The minimum atomic E-state index is -1.83. The Morgan fingerprint density at radius 2 is 1.96 bits per heavy atom. The monoisotopic (exact) mass is 397 g/mol. The van der Waals surface area contributed by atoms with Crippen molar-refractivity contribution in [2.45, 2.75) is 23.3 Å². The van der Waals surface area contributed by atoms with Crippen LogP contribution in [0.4, 0.5) is 5.69 Å². The Labute approximate surface area is 153 Å². The van der Waals surface area contributed by atoms with Crippen molar-refractivity contribution in [2.75, 3.05) is 5.32 Å². The van der Waals surface area contributed by atoms with Gasteiger partial charge in [-0.25, -0.2) is 4.79 Å². The van der Waals surface area contributed by atoms with Gasteiger partial charge in [0.2, 0.25) is 9.70 Å². The zero-order chi connectivity index (χ0) is 17.6. The first kappa shape index (κ1) is 19.8. The molecule has 0 aliphatic heterocycles. The van der Waals surface area contributed by atoms with Crippen LogP contribution in [0.3, 0.4) is 0 Å². The van der Waals surface area contributed by atoms with Gasteiger partial charge in [-0.15, -0.1) is 0 Å². The van der Waals surface area contributed by atoms with E-state index in [0.717, 1.165) is 0 Å². The van der Waals surface area contributed by atoms with Crippen LogP contribution in [0.5, 0.6) is 0 Å². The van der Waals surface area contributed by atoms with Gasteiger partial charge in [-0.05, 0) is 30.4 Å². The smallest absolute Gasteiger partial charge is 0.335 e. The van der Waals surface area contributed by atoms with Crippen molar-refractivity contribution in [1.29, 1.82) is 0 Å². The molecule has 1 rings (SSSR count). The summed E-state index contributed by atoms with van der Waals surface area (Å²) in [5.74, 6) is -1.40. The molecule has 0 aliphatic rings. The number of hydrogen-bond donors (Lipinski definition) is 4. The molecule has 1 aromatic carbocycles. The Kier molecular flexibility index (Phi) is 7.34. The van der Waals surface area contributed by atoms with Crippen LogP contribution in [0.15, 0.2) is 24.3 Å². The number of carboxylic acid groups (broad SMARTS) is 1. The van der Waals surface area contributed by atoms with E-state index in [-0.39, 0.29) is 23.0 Å². The SMILES string of the molecule is CCC(=O)N[C@H](NC(=S)Nc1cccc(C(=O)O)c1)C(Cl)(Cl)Cl. The molecule has 126 valence electrons. The molecule has 10 heteroatoms. The largest absolute Gasteiger partial charge is 0.478 e. The summed E-state index contributed by atoms with van der Waals surface area (Å²) < 4.78 is -1.83. The zero-order valence-electron chi connectivity index (χ0n) is 11.9. The Morgan fingerprint density at radius 1 is 1.30 bits per heavy atom. The van der Waals surface area contributed by atoms with E-state index < -0.39 is 15.9 Å². The van der Waals surface area contributed by atoms with Gasteiger partial charge in [0.25, 0.3) is 0 Å². The predicted octanol–water partition coefficient (Wildman–Crippen LogP) is 2.89. The molecule has 0 radical (unpaired) electrons. The highest BCUT2D eigenvalue weighted by molar-refractivity contribution is 7.80. The highest BCUT2D eigenvalue weighted by atomic mass is 35.6. The summed E-state index contributed by atoms with van der Waals surface area (Å²) in [4.78, 5) is 22.4. The third-order valence-corrected chi connectivity index (χ3v) is 3.47. The van der Waals surface area contributed by atoms with Crippen molar-refractivity contribution in [3.63, 3.8) is 0 Å². The molecule has 0 fully saturated rings. The van der Waals surface area contributed by atoms with E-state index in [1.165, 1.54) is 12.1 Å². The minimum absolute atomic E-state index is 0.0558. The van der Waals surface area contributed by atoms with Crippen molar-refractivity contribution in [3.8, 4) is 0 Å². The van der Waals surface area contributed by atoms with Gasteiger partial charge in [0.1, 0.15) is 6.17 Å². The van der Waals surface area contributed by atoms with Gasteiger partial charge in [-0.3, -0.25) is 4.79 Å². The summed E-state index contributed by atoms with van der Waals surface area (Å²) >= 11 is 22.5. The summed E-state index contributed by atoms with van der Waals surface area (Å²) in [7, 11) is 0. The summed E-state index contributed by atoms with van der Waals surface area (Å²) in [6.07, 6.45) is -0.845. The molecule has 1 amide bonds. The van der Waals surface area contributed by atoms with E-state index in [0.29, 0.717) is 5.69 Å². The van der Waals surface area contributed by atoms with E-state index >= 15 is 0 Å². The molecule has 0 saturated heterocycles. The summed E-state index contributed by atoms with van der Waals surface area (Å²) in [6.45, 7) is 1.65. The third-order valence-electron chi connectivity index (χ3n) is 2.60. The van der Waals surface area contributed by atoms with E-state index in [4.69, 9.17) is 52.1 Å². The molecule has 0 saturated carbocycles. The van der Waals surface area contributed by atoms with Crippen LogP contribution in [-0.4, -0.2) is 32.1 Å². The van der Waals surface area contributed by atoms with Gasteiger partial charge < -0.3 is 21.1 Å². The first-order valence-corrected chi connectivity index (χ1v) is 7.94. The predicted molar refractivity (Wildman–Crippen MR) is 95.3 cm³/mol. The molecule has 0 bridgehead atoms. The molecule has 0 aromatic heterocycles. The first-order chi connectivity index (χ1) is 10.6. The Morgan fingerprint density at radius 3 is 2.48 bits per heavy atom. The number of anilines is 1. The molecule has 4 N–H and O–H groups in total. The van der Waals surface area contributed by atoms with Gasteiger partial charge in [0.15, 0.2) is 5.11 Å². The van der Waals surface area contributed by atoms with Crippen LogP contribution in [-0.2, 0) is 4.79 Å². The van der Waals surface area contributed by atoms with Crippen molar-refractivity contribution in [3.05, 3.63) is 29.8 Å². The maximum absolute atomic E-state index is 11.5. The van der Waals surface area contributed by atoms with Gasteiger partial charge >= 0.3 is 5.97 Å². The van der Waals surface area contributed by atoms with Crippen LogP contribution in [0.2, 0.25) is 0 Å². The molecular weight excluding hydrogens is 385 g/mol. The lowest BCUT2D eigenvalue weighted by Crippen LogP contribution is -2.56. The number of carbonyl (C=O) groups excluding carboxylic acids is 1. The van der Waals surface area contributed by atoms with Crippen LogP contribution >= 0.6 is 47.0 Å². The number of aromatic carboxylic acids is 1. The molecule has 0 aliphatic carbocycles. The van der Waals surface area contributed by atoms with E-state index in [2.05, 4.69) is 16.0 Å². The molecule has 0 heterocycles. The maximum atomic E-state index is 11.5. The van der Waals surface area contributed by atoms with Gasteiger partial charge in [0, 0.05) is 12.1 Å². The molecular formula is C13H14Cl3N3O3S. The molecule has 1 aromatic rings. The molecule has 23 heavy (non-hydrogen) atoms. The van der Waals surface area contributed by atoms with Gasteiger partial charge in [0.05, 0.1) is 5.56 Å². The summed E-state index contributed by atoms with van der Waals surface area (Å²) in [5, 5.41) is 16.9. The molecule has 0 unspecified atom stereocenters.